The monoisotopic (exact) mass is 304 g/mol. The number of aromatic nitrogens is 2. The molecule has 18 heavy (non-hydrogen) atoms. The SMILES string of the molecule is CC(C)c1nc(Cc2ccccc2)ncc1CBr. The third kappa shape index (κ3) is 3.16. The Balaban J connectivity index is 2.27. The van der Waals surface area contributed by atoms with Gasteiger partial charge in [0.2, 0.25) is 0 Å². The summed E-state index contributed by atoms with van der Waals surface area (Å²) < 4.78 is 0. The molecule has 0 bridgehead atoms. The molecule has 2 nitrogen and oxygen atoms in total. The van der Waals surface area contributed by atoms with Crippen molar-refractivity contribution in [3.05, 3.63) is 59.2 Å². The van der Waals surface area contributed by atoms with E-state index in [1.807, 2.05) is 24.4 Å². The van der Waals surface area contributed by atoms with Crippen molar-refractivity contribution < 1.29 is 0 Å². The molecule has 0 atom stereocenters. The molecule has 0 amide bonds. The number of halogens is 1. The van der Waals surface area contributed by atoms with Gasteiger partial charge in [0.15, 0.2) is 0 Å². The molecule has 0 saturated heterocycles. The van der Waals surface area contributed by atoms with Gasteiger partial charge in [-0.05, 0) is 11.5 Å². The van der Waals surface area contributed by atoms with Crippen LogP contribution in [0, 0.1) is 0 Å². The maximum atomic E-state index is 4.70. The van der Waals surface area contributed by atoms with Gasteiger partial charge < -0.3 is 0 Å². The first kappa shape index (κ1) is 13.2. The predicted octanol–water partition coefficient (Wildman–Crippen LogP) is 4.09. The highest BCUT2D eigenvalue weighted by Crippen LogP contribution is 2.19. The minimum absolute atomic E-state index is 0.426. The summed E-state index contributed by atoms with van der Waals surface area (Å²) in [6, 6.07) is 10.3. The molecule has 0 fully saturated rings. The molecule has 2 rings (SSSR count). The van der Waals surface area contributed by atoms with E-state index in [0.717, 1.165) is 23.3 Å². The summed E-state index contributed by atoms with van der Waals surface area (Å²) in [5.41, 5.74) is 3.58. The van der Waals surface area contributed by atoms with Gasteiger partial charge in [-0.3, -0.25) is 0 Å². The van der Waals surface area contributed by atoms with E-state index in [1.165, 1.54) is 11.1 Å². The molecule has 1 aromatic carbocycles. The van der Waals surface area contributed by atoms with Gasteiger partial charge in [-0.2, -0.15) is 0 Å². The van der Waals surface area contributed by atoms with Crippen molar-refractivity contribution in [1.29, 1.82) is 0 Å². The van der Waals surface area contributed by atoms with Gasteiger partial charge >= 0.3 is 0 Å². The first-order valence-electron chi connectivity index (χ1n) is 6.15. The van der Waals surface area contributed by atoms with Crippen LogP contribution in [0.15, 0.2) is 36.5 Å². The second kappa shape index (κ2) is 6.10. The third-order valence-corrected chi connectivity index (χ3v) is 3.45. The quantitative estimate of drug-likeness (QED) is 0.795. The molecule has 0 radical (unpaired) electrons. The molecule has 0 saturated carbocycles. The summed E-state index contributed by atoms with van der Waals surface area (Å²) >= 11 is 3.49. The number of alkyl halides is 1. The lowest BCUT2D eigenvalue weighted by Gasteiger charge is -2.11. The standard InChI is InChI=1S/C15H17BrN2/c1-11(2)15-13(9-16)10-17-14(18-15)8-12-6-4-3-5-7-12/h3-7,10-11H,8-9H2,1-2H3. The van der Waals surface area contributed by atoms with Crippen LogP contribution in [0.3, 0.4) is 0 Å². The van der Waals surface area contributed by atoms with Crippen LogP contribution in [-0.2, 0) is 11.8 Å². The Labute approximate surface area is 117 Å². The Bertz CT molecular complexity index is 509. The number of hydrogen-bond donors (Lipinski definition) is 0. The van der Waals surface area contributed by atoms with Crippen LogP contribution in [-0.4, -0.2) is 9.97 Å². The second-order valence-electron chi connectivity index (χ2n) is 4.65. The zero-order valence-electron chi connectivity index (χ0n) is 10.7. The van der Waals surface area contributed by atoms with Crippen LogP contribution in [0.4, 0.5) is 0 Å². The average molecular weight is 305 g/mol. The largest absolute Gasteiger partial charge is 0.241 e. The third-order valence-electron chi connectivity index (χ3n) is 2.84. The number of rotatable bonds is 4. The van der Waals surface area contributed by atoms with E-state index in [9.17, 15) is 0 Å². The van der Waals surface area contributed by atoms with Crippen molar-refractivity contribution in [2.45, 2.75) is 31.5 Å². The van der Waals surface area contributed by atoms with Crippen LogP contribution >= 0.6 is 15.9 Å². The van der Waals surface area contributed by atoms with Crippen molar-refractivity contribution in [3.63, 3.8) is 0 Å². The predicted molar refractivity (Wildman–Crippen MR) is 78.0 cm³/mol. The molecule has 0 aliphatic heterocycles. The fourth-order valence-electron chi connectivity index (χ4n) is 1.92. The molecule has 0 aliphatic rings. The van der Waals surface area contributed by atoms with E-state index >= 15 is 0 Å². The number of hydrogen-bond acceptors (Lipinski definition) is 2. The molecule has 1 heterocycles. The molecular formula is C15H17BrN2. The molecule has 1 aromatic heterocycles. The summed E-state index contributed by atoms with van der Waals surface area (Å²) in [6.07, 6.45) is 2.73. The summed E-state index contributed by atoms with van der Waals surface area (Å²) in [5, 5.41) is 0.812. The zero-order chi connectivity index (χ0) is 13.0. The Kier molecular flexibility index (Phi) is 4.48. The van der Waals surface area contributed by atoms with E-state index in [2.05, 4.69) is 46.9 Å². The first-order chi connectivity index (χ1) is 8.70. The first-order valence-corrected chi connectivity index (χ1v) is 7.27. The Morgan fingerprint density at radius 3 is 2.50 bits per heavy atom. The lowest BCUT2D eigenvalue weighted by molar-refractivity contribution is 0.777. The lowest BCUT2D eigenvalue weighted by atomic mass is 10.1. The minimum Gasteiger partial charge on any atom is -0.241 e. The van der Waals surface area contributed by atoms with E-state index in [0.29, 0.717) is 5.92 Å². The van der Waals surface area contributed by atoms with Gasteiger partial charge in [0.1, 0.15) is 5.82 Å². The van der Waals surface area contributed by atoms with E-state index in [1.54, 1.807) is 0 Å². The fraction of sp³-hybridized carbons (Fsp3) is 0.333. The number of benzene rings is 1. The maximum absolute atomic E-state index is 4.70. The van der Waals surface area contributed by atoms with E-state index in [-0.39, 0.29) is 0 Å². The molecule has 2 aromatic rings. The van der Waals surface area contributed by atoms with Crippen molar-refractivity contribution in [3.8, 4) is 0 Å². The van der Waals surface area contributed by atoms with Crippen LogP contribution in [0.1, 0.15) is 42.4 Å². The Hall–Kier alpha value is -1.22. The van der Waals surface area contributed by atoms with Gasteiger partial charge in [0.25, 0.3) is 0 Å². The fourth-order valence-corrected chi connectivity index (χ4v) is 2.36. The molecular weight excluding hydrogens is 288 g/mol. The van der Waals surface area contributed by atoms with Gasteiger partial charge in [0.05, 0.1) is 5.69 Å². The highest BCUT2D eigenvalue weighted by atomic mass is 79.9. The average Bonchev–Trinajstić information content (AvgIpc) is 2.40. The van der Waals surface area contributed by atoms with E-state index in [4.69, 9.17) is 4.98 Å². The summed E-state index contributed by atoms with van der Waals surface area (Å²) in [7, 11) is 0. The molecule has 0 unspecified atom stereocenters. The van der Waals surface area contributed by atoms with Gasteiger partial charge in [-0.15, -0.1) is 0 Å². The Morgan fingerprint density at radius 2 is 1.89 bits per heavy atom. The topological polar surface area (TPSA) is 25.8 Å². The summed E-state index contributed by atoms with van der Waals surface area (Å²) in [6.45, 7) is 4.33. The molecule has 0 N–H and O–H groups in total. The van der Waals surface area contributed by atoms with Gasteiger partial charge in [0, 0.05) is 23.5 Å². The smallest absolute Gasteiger partial charge is 0.132 e. The van der Waals surface area contributed by atoms with Crippen LogP contribution in [0.2, 0.25) is 0 Å². The summed E-state index contributed by atoms with van der Waals surface area (Å²) in [4.78, 5) is 9.14. The lowest BCUT2D eigenvalue weighted by Crippen LogP contribution is -2.05. The van der Waals surface area contributed by atoms with Gasteiger partial charge in [-0.25, -0.2) is 9.97 Å². The molecule has 94 valence electrons. The van der Waals surface area contributed by atoms with Crippen molar-refractivity contribution in [1.82, 2.24) is 9.97 Å². The zero-order valence-corrected chi connectivity index (χ0v) is 12.3. The Morgan fingerprint density at radius 1 is 1.17 bits per heavy atom. The van der Waals surface area contributed by atoms with Crippen molar-refractivity contribution in [2.24, 2.45) is 0 Å². The molecule has 0 spiro atoms. The van der Waals surface area contributed by atoms with Crippen LogP contribution in [0.25, 0.3) is 0 Å². The summed E-state index contributed by atoms with van der Waals surface area (Å²) in [5.74, 6) is 1.32. The van der Waals surface area contributed by atoms with Gasteiger partial charge in [-0.1, -0.05) is 60.1 Å². The highest BCUT2D eigenvalue weighted by Gasteiger charge is 2.10. The van der Waals surface area contributed by atoms with E-state index < -0.39 is 0 Å². The minimum atomic E-state index is 0.426. The second-order valence-corrected chi connectivity index (χ2v) is 5.21. The van der Waals surface area contributed by atoms with Crippen molar-refractivity contribution >= 4 is 15.9 Å². The highest BCUT2D eigenvalue weighted by molar-refractivity contribution is 9.08. The molecule has 3 heteroatoms. The normalized spacial score (nSPS) is 10.9. The molecule has 0 aliphatic carbocycles. The maximum Gasteiger partial charge on any atom is 0.132 e. The van der Waals surface area contributed by atoms with Crippen LogP contribution < -0.4 is 0 Å². The van der Waals surface area contributed by atoms with Crippen LogP contribution in [0.5, 0.6) is 0 Å². The van der Waals surface area contributed by atoms with Crippen molar-refractivity contribution in [2.75, 3.05) is 0 Å². The number of nitrogens with zero attached hydrogens (tertiary/aromatic N) is 2.